The molecule has 1 atom stereocenters. The van der Waals surface area contributed by atoms with Crippen molar-refractivity contribution < 1.29 is 28.6 Å². The fraction of sp³-hybridized carbons (Fsp3) is 0.701. The molecule has 474 valence electrons. The number of esters is 3. The number of carbonyl (C=O) groups is 3. The first-order valence-electron chi connectivity index (χ1n) is 35.0. The van der Waals surface area contributed by atoms with E-state index in [1.807, 2.05) is 0 Å². The Hall–Kier alpha value is -4.19. The molecule has 83 heavy (non-hydrogen) atoms. The second-order valence-electron chi connectivity index (χ2n) is 23.1. The van der Waals surface area contributed by atoms with Crippen molar-refractivity contribution in [1.82, 2.24) is 0 Å². The van der Waals surface area contributed by atoms with E-state index in [1.54, 1.807) is 0 Å². The van der Waals surface area contributed by atoms with Gasteiger partial charge in [-0.05, 0) is 135 Å². The second-order valence-corrected chi connectivity index (χ2v) is 23.1. The molecule has 0 aliphatic heterocycles. The molecule has 0 aliphatic rings. The molecule has 0 saturated heterocycles. The van der Waals surface area contributed by atoms with Crippen LogP contribution in [0.3, 0.4) is 0 Å². The number of ether oxygens (including phenoxy) is 3. The number of hydrogen-bond donors (Lipinski definition) is 0. The molecule has 0 N–H and O–H groups in total. The molecular formula is C77H130O6. The third kappa shape index (κ3) is 68.5. The summed E-state index contributed by atoms with van der Waals surface area (Å²) >= 11 is 0. The summed E-state index contributed by atoms with van der Waals surface area (Å²) in [6, 6.07) is 0. The molecule has 0 radical (unpaired) electrons. The normalized spacial score (nSPS) is 12.9. The molecule has 0 amide bonds. The van der Waals surface area contributed by atoms with E-state index in [-0.39, 0.29) is 37.5 Å². The maximum atomic E-state index is 12.9. The van der Waals surface area contributed by atoms with Crippen molar-refractivity contribution in [3.63, 3.8) is 0 Å². The molecule has 0 bridgehead atoms. The van der Waals surface area contributed by atoms with Crippen molar-refractivity contribution >= 4 is 17.9 Å². The van der Waals surface area contributed by atoms with Gasteiger partial charge in [-0.15, -0.1) is 0 Å². The van der Waals surface area contributed by atoms with Crippen molar-refractivity contribution in [2.75, 3.05) is 13.2 Å². The predicted molar refractivity (Wildman–Crippen MR) is 362 cm³/mol. The van der Waals surface area contributed by atoms with Gasteiger partial charge in [-0.3, -0.25) is 14.4 Å². The summed E-state index contributed by atoms with van der Waals surface area (Å²) in [5.41, 5.74) is 0. The Morgan fingerprint density at radius 1 is 0.253 bits per heavy atom. The average molecular weight is 1150 g/mol. The molecule has 0 aromatic rings. The fourth-order valence-electron chi connectivity index (χ4n) is 9.68. The summed E-state index contributed by atoms with van der Waals surface area (Å²) in [4.78, 5) is 38.4. The quantitative estimate of drug-likeness (QED) is 0.0261. The number of rotatable bonds is 63. The minimum atomic E-state index is -0.809. The molecule has 0 aromatic carbocycles. The highest BCUT2D eigenvalue weighted by Crippen LogP contribution is 2.16. The minimum absolute atomic E-state index is 0.0995. The summed E-state index contributed by atoms with van der Waals surface area (Å²) in [5.74, 6) is -0.943. The van der Waals surface area contributed by atoms with Crippen molar-refractivity contribution in [2.45, 2.75) is 335 Å². The standard InChI is InChI=1S/C77H130O6/c1-4-7-10-13-16-19-22-25-28-30-32-34-35-36-37-38-39-40-41-43-44-46-49-52-55-58-61-64-67-70-76(79)82-73-74(72-81-75(78)69-66-63-60-57-54-51-48-27-24-21-18-15-12-9-6-3)83-77(80)71-68-65-62-59-56-53-50-47-45-42-33-31-29-26-23-20-17-14-11-8-5-2/h8,11,17,20,22,25-27,29-30,32-33,35-36,42,47-48,50,56,59,74H,4-7,9-10,12-16,18-19,21,23-24,28,31,34,37-41,43-46,49,51-55,57-58,60-73H2,1-3H3/b11-8-,20-17-,25-22-,29-26-,32-30-,36-35-,42-33-,48-27-,50-47-,59-56-. The number of hydrogen-bond acceptors (Lipinski definition) is 6. The van der Waals surface area contributed by atoms with Gasteiger partial charge in [-0.2, -0.15) is 0 Å². The van der Waals surface area contributed by atoms with E-state index in [2.05, 4.69) is 142 Å². The highest BCUT2D eigenvalue weighted by molar-refractivity contribution is 5.71. The molecule has 0 fully saturated rings. The Kier molecular flexibility index (Phi) is 66.7. The van der Waals surface area contributed by atoms with E-state index >= 15 is 0 Å². The first-order chi connectivity index (χ1) is 41.0. The zero-order chi connectivity index (χ0) is 59.9. The summed E-state index contributed by atoms with van der Waals surface area (Å²) in [5, 5.41) is 0. The predicted octanol–water partition coefficient (Wildman–Crippen LogP) is 24.3. The topological polar surface area (TPSA) is 78.9 Å². The minimum Gasteiger partial charge on any atom is -0.462 e. The Bertz CT molecular complexity index is 1700. The summed E-state index contributed by atoms with van der Waals surface area (Å²) in [6.07, 6.45) is 97.9. The Labute approximate surface area is 513 Å². The third-order valence-electron chi connectivity index (χ3n) is 14.9. The van der Waals surface area contributed by atoms with Crippen LogP contribution < -0.4 is 0 Å². The van der Waals surface area contributed by atoms with Crippen LogP contribution >= 0.6 is 0 Å². The molecular weight excluding hydrogens is 1020 g/mol. The van der Waals surface area contributed by atoms with Crippen molar-refractivity contribution in [3.05, 3.63) is 122 Å². The van der Waals surface area contributed by atoms with Crippen LogP contribution in [0.1, 0.15) is 329 Å². The molecule has 0 saturated carbocycles. The third-order valence-corrected chi connectivity index (χ3v) is 14.9. The van der Waals surface area contributed by atoms with Crippen LogP contribution in [-0.2, 0) is 28.6 Å². The Morgan fingerprint density at radius 3 is 0.771 bits per heavy atom. The monoisotopic (exact) mass is 1150 g/mol. The zero-order valence-corrected chi connectivity index (χ0v) is 54.4. The van der Waals surface area contributed by atoms with Crippen LogP contribution in [0.15, 0.2) is 122 Å². The van der Waals surface area contributed by atoms with Gasteiger partial charge in [0.05, 0.1) is 0 Å². The maximum Gasteiger partial charge on any atom is 0.306 e. The number of carbonyl (C=O) groups excluding carboxylic acids is 3. The lowest BCUT2D eigenvalue weighted by molar-refractivity contribution is -0.167. The van der Waals surface area contributed by atoms with E-state index in [0.29, 0.717) is 19.3 Å². The molecule has 0 heterocycles. The molecule has 0 aliphatic carbocycles. The first-order valence-corrected chi connectivity index (χ1v) is 35.0. The van der Waals surface area contributed by atoms with E-state index < -0.39 is 6.10 Å². The van der Waals surface area contributed by atoms with Gasteiger partial charge in [-0.1, -0.05) is 296 Å². The smallest absolute Gasteiger partial charge is 0.306 e. The highest BCUT2D eigenvalue weighted by Gasteiger charge is 2.19. The largest absolute Gasteiger partial charge is 0.462 e. The lowest BCUT2D eigenvalue weighted by Crippen LogP contribution is -2.30. The van der Waals surface area contributed by atoms with Crippen LogP contribution in [0.25, 0.3) is 0 Å². The van der Waals surface area contributed by atoms with Gasteiger partial charge >= 0.3 is 17.9 Å². The Balaban J connectivity index is 4.37. The fourth-order valence-corrected chi connectivity index (χ4v) is 9.68. The molecule has 0 rings (SSSR count). The van der Waals surface area contributed by atoms with Gasteiger partial charge in [0, 0.05) is 19.3 Å². The van der Waals surface area contributed by atoms with Gasteiger partial charge < -0.3 is 14.2 Å². The van der Waals surface area contributed by atoms with Crippen LogP contribution in [0, 0.1) is 0 Å². The summed E-state index contributed by atoms with van der Waals surface area (Å²) < 4.78 is 16.9. The maximum absolute atomic E-state index is 12.9. The van der Waals surface area contributed by atoms with Crippen LogP contribution in [-0.4, -0.2) is 37.2 Å². The lowest BCUT2D eigenvalue weighted by Gasteiger charge is -2.18. The summed E-state index contributed by atoms with van der Waals surface area (Å²) in [7, 11) is 0. The van der Waals surface area contributed by atoms with Gasteiger partial charge in [0.15, 0.2) is 6.10 Å². The van der Waals surface area contributed by atoms with Gasteiger partial charge in [0.1, 0.15) is 13.2 Å². The van der Waals surface area contributed by atoms with Gasteiger partial charge in [-0.25, -0.2) is 0 Å². The molecule has 0 aromatic heterocycles. The molecule has 6 heteroatoms. The number of allylic oxidation sites excluding steroid dienone is 20. The van der Waals surface area contributed by atoms with E-state index in [1.165, 1.54) is 167 Å². The van der Waals surface area contributed by atoms with E-state index in [0.717, 1.165) is 116 Å². The lowest BCUT2D eigenvalue weighted by atomic mass is 10.0. The van der Waals surface area contributed by atoms with E-state index in [9.17, 15) is 14.4 Å². The Morgan fingerprint density at radius 2 is 0.470 bits per heavy atom. The highest BCUT2D eigenvalue weighted by atomic mass is 16.6. The van der Waals surface area contributed by atoms with E-state index in [4.69, 9.17) is 14.2 Å². The molecule has 0 spiro atoms. The van der Waals surface area contributed by atoms with Crippen molar-refractivity contribution in [3.8, 4) is 0 Å². The van der Waals surface area contributed by atoms with Crippen molar-refractivity contribution in [2.24, 2.45) is 0 Å². The zero-order valence-electron chi connectivity index (χ0n) is 54.4. The molecule has 1 unspecified atom stereocenters. The summed E-state index contributed by atoms with van der Waals surface area (Å²) in [6.45, 7) is 6.49. The van der Waals surface area contributed by atoms with Crippen LogP contribution in [0.5, 0.6) is 0 Å². The SMILES string of the molecule is CC/C=C\C/C=C\C/C=C\C/C=C\C/C=C\C/C=C\CCCCC(=O)OC(COC(=O)CCCCCCC/C=C\CCCCCCCC)COC(=O)CCCCCCCCCCCCCCCC/C=C\C/C=C\C/C=C\CCCCCCC. The average Bonchev–Trinajstić information content (AvgIpc) is 3.49. The van der Waals surface area contributed by atoms with Gasteiger partial charge in [0.2, 0.25) is 0 Å². The molecule has 6 nitrogen and oxygen atoms in total. The first kappa shape index (κ1) is 78.8. The van der Waals surface area contributed by atoms with Crippen LogP contribution in [0.4, 0.5) is 0 Å². The number of unbranched alkanes of at least 4 members (excludes halogenated alkanes) is 32. The van der Waals surface area contributed by atoms with Crippen LogP contribution in [0.2, 0.25) is 0 Å². The second kappa shape index (κ2) is 70.3. The van der Waals surface area contributed by atoms with Crippen molar-refractivity contribution in [1.29, 1.82) is 0 Å². The van der Waals surface area contributed by atoms with Gasteiger partial charge in [0.25, 0.3) is 0 Å².